The molecule has 2 aromatic carbocycles. The van der Waals surface area contributed by atoms with Gasteiger partial charge in [0.05, 0.1) is 0 Å². The number of thioether (sulfide) groups is 2. The molecule has 3 heterocycles. The topological polar surface area (TPSA) is 202 Å². The van der Waals surface area contributed by atoms with Crippen LogP contribution in [0.25, 0.3) is 0 Å². The molecule has 2 aliphatic heterocycles. The maximum atomic E-state index is 13.4. The molecule has 0 saturated carbocycles. The number of β-lactam (4-membered cyclic amide) rings is 1. The molecule has 1 saturated heterocycles. The number of aromatic hydroxyl groups is 2. The summed E-state index contributed by atoms with van der Waals surface area (Å²) in [7, 11) is 1.66. The number of rotatable bonds is 12. The van der Waals surface area contributed by atoms with Crippen molar-refractivity contribution in [1.82, 2.24) is 30.4 Å². The van der Waals surface area contributed by atoms with Gasteiger partial charge in [-0.1, -0.05) is 41.2 Å². The first-order chi connectivity index (χ1) is 20.7. The van der Waals surface area contributed by atoms with Crippen molar-refractivity contribution in [3.05, 3.63) is 65.4 Å². The average molecular weight is 628 g/mol. The first-order valence-electron chi connectivity index (χ1n) is 12.7. The summed E-state index contributed by atoms with van der Waals surface area (Å²) in [5, 5.41) is 47.3. The van der Waals surface area contributed by atoms with Crippen molar-refractivity contribution in [2.24, 2.45) is 12.2 Å². The van der Waals surface area contributed by atoms with E-state index in [-0.39, 0.29) is 53.2 Å². The second kappa shape index (κ2) is 13.0. The van der Waals surface area contributed by atoms with Crippen LogP contribution in [0, 0.1) is 0 Å². The molecule has 4 N–H and O–H groups in total. The Kier molecular flexibility index (Phi) is 9.01. The van der Waals surface area contributed by atoms with Gasteiger partial charge in [0.1, 0.15) is 29.5 Å². The number of aromatic nitrogens is 4. The number of oxime groups is 1. The van der Waals surface area contributed by atoms with Crippen LogP contribution in [0.15, 0.2) is 70.1 Å². The Morgan fingerprint density at radius 1 is 1.19 bits per heavy atom. The fourth-order valence-corrected chi connectivity index (χ4v) is 6.59. The maximum absolute atomic E-state index is 13.4. The van der Waals surface area contributed by atoms with Crippen molar-refractivity contribution in [2.75, 3.05) is 24.7 Å². The second-order valence-corrected chi connectivity index (χ2v) is 11.2. The number of amides is 2. The first-order valence-corrected chi connectivity index (χ1v) is 14.7. The van der Waals surface area contributed by atoms with Crippen LogP contribution in [0.3, 0.4) is 0 Å². The standard InChI is InChI=1S/C26H25N7O8S2/c1-32-26(28-30-31-32)43-13-15-12-42-24-20(23(37)33(24)21(15)25(38)39)27-22(36)19(14-5-4-6-16(34)11-14)29-41-10-9-40-18-8-3-2-7-17(18)35/h2-8,11,20,24,34-35H,9-10,12-13H2,1H3,(H,27,36)(H,38,39)/t20?,24-/m0/s1. The number of tetrazole rings is 1. The number of hydrogen-bond acceptors (Lipinski definition) is 13. The monoisotopic (exact) mass is 627 g/mol. The molecule has 0 aliphatic carbocycles. The van der Waals surface area contributed by atoms with Crippen LogP contribution in [0.5, 0.6) is 17.2 Å². The number of nitrogens with zero attached hydrogens (tertiary/aromatic N) is 6. The van der Waals surface area contributed by atoms with E-state index in [0.717, 1.165) is 0 Å². The van der Waals surface area contributed by atoms with Gasteiger partial charge in [-0.2, -0.15) is 0 Å². The van der Waals surface area contributed by atoms with E-state index in [9.17, 15) is 29.7 Å². The molecule has 224 valence electrons. The molecule has 2 amide bonds. The maximum Gasteiger partial charge on any atom is 0.352 e. The molecule has 43 heavy (non-hydrogen) atoms. The predicted octanol–water partition coefficient (Wildman–Crippen LogP) is 0.952. The molecule has 1 aromatic heterocycles. The van der Waals surface area contributed by atoms with Crippen LogP contribution < -0.4 is 10.1 Å². The van der Waals surface area contributed by atoms with Crippen LogP contribution in [0.2, 0.25) is 0 Å². The Morgan fingerprint density at radius 2 is 2.00 bits per heavy atom. The summed E-state index contributed by atoms with van der Waals surface area (Å²) in [6.45, 7) is -0.0839. The Morgan fingerprint density at radius 3 is 2.72 bits per heavy atom. The summed E-state index contributed by atoms with van der Waals surface area (Å²) < 4.78 is 6.91. The quantitative estimate of drug-likeness (QED) is 0.0728. The highest BCUT2D eigenvalue weighted by atomic mass is 32.2. The van der Waals surface area contributed by atoms with Gasteiger partial charge < -0.3 is 30.2 Å². The van der Waals surface area contributed by atoms with Gasteiger partial charge >= 0.3 is 5.97 Å². The van der Waals surface area contributed by atoms with Crippen molar-refractivity contribution in [2.45, 2.75) is 16.6 Å². The normalized spacial score (nSPS) is 18.1. The molecule has 17 heteroatoms. The van der Waals surface area contributed by atoms with Gasteiger partial charge in [0.2, 0.25) is 5.16 Å². The number of carboxylic acids is 1. The fraction of sp³-hybridized carbons (Fsp3) is 0.269. The fourth-order valence-electron chi connectivity index (χ4n) is 4.26. The number of hydrogen-bond donors (Lipinski definition) is 4. The van der Waals surface area contributed by atoms with E-state index >= 15 is 0 Å². The van der Waals surface area contributed by atoms with Crippen molar-refractivity contribution in [3.8, 4) is 17.2 Å². The van der Waals surface area contributed by atoms with Crippen LogP contribution in [-0.4, -0.2) is 100 Å². The summed E-state index contributed by atoms with van der Waals surface area (Å²) in [6, 6.07) is 11.2. The molecule has 3 aromatic rings. The zero-order valence-corrected chi connectivity index (χ0v) is 24.1. The van der Waals surface area contributed by atoms with Crippen molar-refractivity contribution in [1.29, 1.82) is 0 Å². The number of carboxylic acid groups (broad SMARTS) is 1. The third kappa shape index (κ3) is 6.51. The van der Waals surface area contributed by atoms with Crippen molar-refractivity contribution < 1.29 is 39.3 Å². The van der Waals surface area contributed by atoms with Crippen molar-refractivity contribution in [3.63, 3.8) is 0 Å². The van der Waals surface area contributed by atoms with E-state index in [1.165, 1.54) is 63.4 Å². The smallest absolute Gasteiger partial charge is 0.352 e. The Labute approximate surface area is 252 Å². The molecule has 5 rings (SSSR count). The van der Waals surface area contributed by atoms with Crippen molar-refractivity contribution >= 4 is 47.0 Å². The number of aliphatic carboxylic acids is 1. The summed E-state index contributed by atoms with van der Waals surface area (Å²) >= 11 is 2.57. The van der Waals surface area contributed by atoms with Gasteiger partial charge in [0.25, 0.3) is 11.8 Å². The highest BCUT2D eigenvalue weighted by molar-refractivity contribution is 8.01. The molecule has 0 radical (unpaired) electrons. The highest BCUT2D eigenvalue weighted by Crippen LogP contribution is 2.41. The van der Waals surface area contributed by atoms with Gasteiger partial charge in [-0.25, -0.2) is 9.48 Å². The minimum Gasteiger partial charge on any atom is -0.508 e. The number of ether oxygens (including phenoxy) is 1. The van der Waals surface area contributed by atoms with Gasteiger partial charge in [0.15, 0.2) is 23.8 Å². The lowest BCUT2D eigenvalue weighted by molar-refractivity contribution is -0.150. The molecule has 0 bridgehead atoms. The summed E-state index contributed by atoms with van der Waals surface area (Å²) in [5.74, 6) is -1.93. The minimum absolute atomic E-state index is 0.00286. The number of nitrogens with one attached hydrogen (secondary N) is 1. The van der Waals surface area contributed by atoms with Gasteiger partial charge in [-0.15, -0.1) is 16.9 Å². The molecule has 0 spiro atoms. The van der Waals surface area contributed by atoms with Gasteiger partial charge in [-0.05, 0) is 40.3 Å². The molecular weight excluding hydrogens is 602 g/mol. The molecule has 1 unspecified atom stereocenters. The van der Waals surface area contributed by atoms with E-state index in [4.69, 9.17) is 9.57 Å². The van der Waals surface area contributed by atoms with E-state index in [2.05, 4.69) is 26.0 Å². The zero-order chi connectivity index (χ0) is 30.5. The van der Waals surface area contributed by atoms with E-state index in [1.54, 1.807) is 25.2 Å². The summed E-state index contributed by atoms with van der Waals surface area (Å²) in [4.78, 5) is 45.2. The second-order valence-electron chi connectivity index (χ2n) is 9.13. The lowest BCUT2D eigenvalue weighted by Gasteiger charge is -2.49. The van der Waals surface area contributed by atoms with Gasteiger partial charge in [-0.3, -0.25) is 14.5 Å². The van der Waals surface area contributed by atoms with E-state index in [1.807, 2.05) is 0 Å². The van der Waals surface area contributed by atoms with Crippen LogP contribution in [-0.2, 0) is 26.3 Å². The Hall–Kier alpha value is -4.77. The lowest BCUT2D eigenvalue weighted by Crippen LogP contribution is -2.71. The molecule has 1 fully saturated rings. The Bertz CT molecular complexity index is 1610. The number of fused-ring (bicyclic) bond motifs is 1. The van der Waals surface area contributed by atoms with E-state index in [0.29, 0.717) is 16.5 Å². The summed E-state index contributed by atoms with van der Waals surface area (Å²) in [6.07, 6.45) is 0. The third-order valence-corrected chi connectivity index (χ3v) is 8.72. The van der Waals surface area contributed by atoms with E-state index < -0.39 is 29.2 Å². The largest absolute Gasteiger partial charge is 0.508 e. The lowest BCUT2D eigenvalue weighted by atomic mass is 10.0. The number of benzene rings is 2. The van der Waals surface area contributed by atoms with Crippen LogP contribution in [0.4, 0.5) is 0 Å². The zero-order valence-electron chi connectivity index (χ0n) is 22.5. The third-order valence-electron chi connectivity index (χ3n) is 6.28. The summed E-state index contributed by atoms with van der Waals surface area (Å²) in [5.41, 5.74) is 0.412. The molecule has 15 nitrogen and oxygen atoms in total. The first kappa shape index (κ1) is 29.7. The van der Waals surface area contributed by atoms with Crippen LogP contribution in [0.1, 0.15) is 5.56 Å². The average Bonchev–Trinajstić information content (AvgIpc) is 3.41. The predicted molar refractivity (Wildman–Crippen MR) is 153 cm³/mol. The highest BCUT2D eigenvalue weighted by Gasteiger charge is 2.54. The Balaban J connectivity index is 1.26. The number of para-hydroxylation sites is 2. The number of aryl methyl sites for hydroxylation is 1. The molecule has 2 atom stereocenters. The molecular formula is C26H25N7O8S2. The number of phenolic OH excluding ortho intramolecular Hbond substituents is 2. The molecule has 2 aliphatic rings. The van der Waals surface area contributed by atoms with Crippen LogP contribution >= 0.6 is 23.5 Å². The number of carbonyl (C=O) groups excluding carboxylic acids is 2. The minimum atomic E-state index is -1.25. The number of phenols is 2. The number of carbonyl (C=O) groups is 3. The SMILES string of the molecule is Cn1nnnc1SCC1=C(C(=O)O)N2C(=O)C(NC(=O)C(=NOCCOc3ccccc3O)c3cccc(O)c3)[C@@H]2SC1. The van der Waals surface area contributed by atoms with Gasteiger partial charge in [0, 0.05) is 24.1 Å².